The molecule has 0 saturated heterocycles. The number of rotatable bonds is 0. The maximum absolute atomic E-state index is 2.12. The van der Waals surface area contributed by atoms with E-state index in [1.165, 1.54) is 12.1 Å². The zero-order valence-corrected chi connectivity index (χ0v) is 9.39. The van der Waals surface area contributed by atoms with Gasteiger partial charge in [0.2, 0.25) is 0 Å². The number of hydrogen-bond acceptors (Lipinski definition) is 0. The molecule has 1 heterocycles. The number of aryl methyl sites for hydroxylation is 2. The van der Waals surface area contributed by atoms with E-state index in [1.54, 1.807) is 0 Å². The van der Waals surface area contributed by atoms with Crippen LogP contribution in [0.2, 0.25) is 0 Å². The topological polar surface area (TPSA) is 4.93 Å². The van der Waals surface area contributed by atoms with E-state index in [1.807, 2.05) is 33.2 Å². The van der Waals surface area contributed by atoms with Gasteiger partial charge in [-0.3, -0.25) is 0 Å². The summed E-state index contributed by atoms with van der Waals surface area (Å²) >= 11 is 0. The molecule has 12 heavy (non-hydrogen) atoms. The SMILES string of the molecule is CC.CCC.Cc1cccn1C. The summed E-state index contributed by atoms with van der Waals surface area (Å²) in [6, 6.07) is 4.12. The van der Waals surface area contributed by atoms with Crippen molar-refractivity contribution in [2.24, 2.45) is 7.05 Å². The molecule has 0 amide bonds. The molecule has 0 unspecified atom stereocenters. The Bertz CT molecular complexity index is 149. The zero-order chi connectivity index (χ0) is 9.98. The van der Waals surface area contributed by atoms with E-state index in [0.29, 0.717) is 0 Å². The van der Waals surface area contributed by atoms with Gasteiger partial charge in [0.1, 0.15) is 0 Å². The van der Waals surface area contributed by atoms with Crippen molar-refractivity contribution in [1.82, 2.24) is 4.57 Å². The average Bonchev–Trinajstić information content (AvgIpc) is 2.42. The van der Waals surface area contributed by atoms with Gasteiger partial charge in [0, 0.05) is 18.9 Å². The summed E-state index contributed by atoms with van der Waals surface area (Å²) in [7, 11) is 2.04. The zero-order valence-electron chi connectivity index (χ0n) is 9.39. The van der Waals surface area contributed by atoms with E-state index in [4.69, 9.17) is 0 Å². The molecule has 0 atom stereocenters. The normalized spacial score (nSPS) is 7.50. The highest BCUT2D eigenvalue weighted by Crippen LogP contribution is 1.93. The Morgan fingerprint density at radius 3 is 1.75 bits per heavy atom. The first-order chi connectivity index (χ1) is 5.72. The number of nitrogens with zero attached hydrogens (tertiary/aromatic N) is 1. The Morgan fingerprint density at radius 1 is 1.25 bits per heavy atom. The molecule has 0 saturated carbocycles. The fourth-order valence-corrected chi connectivity index (χ4v) is 0.547. The van der Waals surface area contributed by atoms with Gasteiger partial charge in [-0.15, -0.1) is 0 Å². The molecule has 1 heteroatoms. The van der Waals surface area contributed by atoms with Crippen molar-refractivity contribution >= 4 is 0 Å². The number of aromatic nitrogens is 1. The van der Waals surface area contributed by atoms with Crippen molar-refractivity contribution in [3.05, 3.63) is 24.0 Å². The highest BCUT2D eigenvalue weighted by Gasteiger charge is 1.81. The van der Waals surface area contributed by atoms with Crippen molar-refractivity contribution in [2.75, 3.05) is 0 Å². The second-order valence-electron chi connectivity index (χ2n) is 2.47. The molecule has 1 nitrogen and oxygen atoms in total. The Hall–Kier alpha value is -0.720. The molecular weight excluding hydrogens is 146 g/mol. The van der Waals surface area contributed by atoms with E-state index in [2.05, 4.69) is 31.4 Å². The molecule has 1 aromatic heterocycles. The Kier molecular flexibility index (Phi) is 11.9. The quantitative estimate of drug-likeness (QED) is 0.557. The summed E-state index contributed by atoms with van der Waals surface area (Å²) in [5.41, 5.74) is 1.31. The van der Waals surface area contributed by atoms with Crippen LogP contribution in [0, 0.1) is 6.92 Å². The lowest BCUT2D eigenvalue weighted by Gasteiger charge is -1.89. The second kappa shape index (κ2) is 10.3. The lowest BCUT2D eigenvalue weighted by Crippen LogP contribution is -1.84. The van der Waals surface area contributed by atoms with Gasteiger partial charge in [-0.25, -0.2) is 0 Å². The summed E-state index contributed by atoms with van der Waals surface area (Å²) in [6.45, 7) is 10.3. The van der Waals surface area contributed by atoms with Gasteiger partial charge >= 0.3 is 0 Å². The minimum absolute atomic E-state index is 1.25. The van der Waals surface area contributed by atoms with Gasteiger partial charge < -0.3 is 4.57 Å². The van der Waals surface area contributed by atoms with E-state index in [9.17, 15) is 0 Å². The van der Waals surface area contributed by atoms with Crippen molar-refractivity contribution in [3.8, 4) is 0 Å². The van der Waals surface area contributed by atoms with Crippen LogP contribution in [0.1, 0.15) is 39.8 Å². The summed E-state index contributed by atoms with van der Waals surface area (Å²) < 4.78 is 2.08. The monoisotopic (exact) mass is 169 g/mol. The summed E-state index contributed by atoms with van der Waals surface area (Å²) in [5.74, 6) is 0. The smallest absolute Gasteiger partial charge is 0.0140 e. The molecule has 1 aromatic rings. The third-order valence-corrected chi connectivity index (χ3v) is 1.20. The largest absolute Gasteiger partial charge is 0.355 e. The molecular formula is C11H23N. The molecule has 0 radical (unpaired) electrons. The van der Waals surface area contributed by atoms with Gasteiger partial charge in [-0.2, -0.15) is 0 Å². The molecule has 0 aliphatic heterocycles. The maximum atomic E-state index is 2.12. The first-order valence-corrected chi connectivity index (χ1v) is 4.80. The third kappa shape index (κ3) is 7.39. The van der Waals surface area contributed by atoms with Gasteiger partial charge in [0.05, 0.1) is 0 Å². The Morgan fingerprint density at radius 2 is 1.67 bits per heavy atom. The molecule has 0 N–H and O–H groups in total. The summed E-state index contributed by atoms with van der Waals surface area (Å²) in [5, 5.41) is 0. The van der Waals surface area contributed by atoms with Crippen LogP contribution < -0.4 is 0 Å². The lowest BCUT2D eigenvalue weighted by atomic mass is 10.5. The minimum Gasteiger partial charge on any atom is -0.355 e. The van der Waals surface area contributed by atoms with Crippen LogP contribution in [-0.4, -0.2) is 4.57 Å². The Balaban J connectivity index is 0. The van der Waals surface area contributed by atoms with Gasteiger partial charge in [-0.05, 0) is 19.1 Å². The molecule has 72 valence electrons. The van der Waals surface area contributed by atoms with Crippen molar-refractivity contribution in [1.29, 1.82) is 0 Å². The van der Waals surface area contributed by atoms with E-state index < -0.39 is 0 Å². The lowest BCUT2D eigenvalue weighted by molar-refractivity contribution is 0.882. The van der Waals surface area contributed by atoms with Crippen molar-refractivity contribution < 1.29 is 0 Å². The predicted molar refractivity (Wildman–Crippen MR) is 57.5 cm³/mol. The van der Waals surface area contributed by atoms with Crippen LogP contribution >= 0.6 is 0 Å². The van der Waals surface area contributed by atoms with Gasteiger partial charge in [0.15, 0.2) is 0 Å². The fourth-order valence-electron chi connectivity index (χ4n) is 0.547. The first-order valence-electron chi connectivity index (χ1n) is 4.80. The highest BCUT2D eigenvalue weighted by atomic mass is 14.9. The average molecular weight is 169 g/mol. The number of hydrogen-bond donors (Lipinski definition) is 0. The predicted octanol–water partition coefficient (Wildman–Crippen LogP) is 3.78. The maximum Gasteiger partial charge on any atom is 0.0140 e. The standard InChI is InChI=1S/C6H9N.C3H8.C2H6/c1-6-4-3-5-7(6)2;1-3-2;1-2/h3-5H,1-2H3;3H2,1-2H3;1-2H3. The van der Waals surface area contributed by atoms with Crippen LogP contribution in [0.5, 0.6) is 0 Å². The van der Waals surface area contributed by atoms with Crippen LogP contribution in [0.25, 0.3) is 0 Å². The molecule has 0 bridgehead atoms. The van der Waals surface area contributed by atoms with E-state index in [-0.39, 0.29) is 0 Å². The van der Waals surface area contributed by atoms with Crippen LogP contribution in [0.3, 0.4) is 0 Å². The van der Waals surface area contributed by atoms with Crippen LogP contribution in [-0.2, 0) is 7.05 Å². The van der Waals surface area contributed by atoms with Crippen molar-refractivity contribution in [2.45, 2.75) is 41.0 Å². The van der Waals surface area contributed by atoms with E-state index in [0.717, 1.165) is 0 Å². The minimum atomic E-state index is 1.25. The fraction of sp³-hybridized carbons (Fsp3) is 0.636. The molecule has 0 fully saturated rings. The highest BCUT2D eigenvalue weighted by molar-refractivity contribution is 5.02. The van der Waals surface area contributed by atoms with Crippen LogP contribution in [0.4, 0.5) is 0 Å². The molecule has 0 aromatic carbocycles. The summed E-state index contributed by atoms with van der Waals surface area (Å²) in [6.07, 6.45) is 3.29. The molecule has 1 rings (SSSR count). The second-order valence-corrected chi connectivity index (χ2v) is 2.47. The Labute approximate surface area is 77.4 Å². The first kappa shape index (κ1) is 13.8. The van der Waals surface area contributed by atoms with Crippen molar-refractivity contribution in [3.63, 3.8) is 0 Å². The summed E-state index contributed by atoms with van der Waals surface area (Å²) in [4.78, 5) is 0. The van der Waals surface area contributed by atoms with Gasteiger partial charge in [0.25, 0.3) is 0 Å². The van der Waals surface area contributed by atoms with E-state index >= 15 is 0 Å². The molecule has 0 spiro atoms. The van der Waals surface area contributed by atoms with Crippen LogP contribution in [0.15, 0.2) is 18.3 Å². The third-order valence-electron chi connectivity index (χ3n) is 1.20. The molecule has 0 aliphatic carbocycles. The molecule has 0 aliphatic rings. The van der Waals surface area contributed by atoms with Gasteiger partial charge in [-0.1, -0.05) is 34.1 Å².